The molecule has 2 heterocycles. The number of hydrogen-bond acceptors (Lipinski definition) is 5. The number of nitrogens with zero attached hydrogens (tertiary/aromatic N) is 4. The molecule has 0 saturated heterocycles. The smallest absolute Gasteiger partial charge is 0.340 e. The number of unbranched alkanes of at least 4 members (excludes halogenated alkanes) is 1. The number of hydrogen-bond donors (Lipinski definition) is 0. The van der Waals surface area contributed by atoms with E-state index in [4.69, 9.17) is 4.74 Å². The number of para-hydroxylation sites is 2. The highest BCUT2D eigenvalue weighted by molar-refractivity contribution is 5.93. The van der Waals surface area contributed by atoms with E-state index in [-0.39, 0.29) is 11.4 Å². The summed E-state index contributed by atoms with van der Waals surface area (Å²) in [6.07, 6.45) is 3.58. The second-order valence-corrected chi connectivity index (χ2v) is 8.14. The maximum Gasteiger partial charge on any atom is 0.340 e. The summed E-state index contributed by atoms with van der Waals surface area (Å²) < 4.78 is 9.08. The first kappa shape index (κ1) is 21.6. The molecule has 3 aromatic rings. The summed E-state index contributed by atoms with van der Waals surface area (Å²) in [7, 11) is 0. The fourth-order valence-corrected chi connectivity index (χ4v) is 4.11. The lowest BCUT2D eigenvalue weighted by Crippen LogP contribution is -2.13. The minimum absolute atomic E-state index is 0.0174. The first-order valence-electron chi connectivity index (χ1n) is 11.3. The van der Waals surface area contributed by atoms with Crippen LogP contribution in [0.25, 0.3) is 27.8 Å². The highest BCUT2D eigenvalue weighted by Crippen LogP contribution is 2.27. The Labute approximate surface area is 196 Å². The first-order chi connectivity index (χ1) is 16.7. The molecule has 0 amide bonds. The normalized spacial score (nSPS) is 11.2. The van der Waals surface area contributed by atoms with Crippen LogP contribution in [0.15, 0.2) is 83.8 Å². The molecule has 1 aliphatic heterocycles. The van der Waals surface area contributed by atoms with Gasteiger partial charge in [-0.1, -0.05) is 55.0 Å². The zero-order valence-electron chi connectivity index (χ0n) is 18.8. The van der Waals surface area contributed by atoms with E-state index in [0.717, 1.165) is 29.4 Å². The van der Waals surface area contributed by atoms with Crippen LogP contribution in [0.4, 0.5) is 0 Å². The van der Waals surface area contributed by atoms with Crippen LogP contribution in [0.1, 0.15) is 35.8 Å². The number of fused-ring (bicyclic) bond motifs is 2. The SMILES string of the molecule is CCCCOC(=O)c1ccccc1-n1cc(Cn2c3cccc(=O)c-3cc3ccccc32)nn1. The predicted octanol–water partition coefficient (Wildman–Crippen LogP) is 4.69. The number of ether oxygens (including phenoxy) is 1. The van der Waals surface area contributed by atoms with Crippen molar-refractivity contribution in [1.29, 1.82) is 0 Å². The lowest BCUT2D eigenvalue weighted by atomic mass is 10.0. The van der Waals surface area contributed by atoms with E-state index in [9.17, 15) is 9.59 Å². The summed E-state index contributed by atoms with van der Waals surface area (Å²) in [5.41, 5.74) is 4.22. The molecule has 0 fully saturated rings. The van der Waals surface area contributed by atoms with Crippen LogP contribution in [0, 0.1) is 0 Å². The lowest BCUT2D eigenvalue weighted by Gasteiger charge is -2.17. The van der Waals surface area contributed by atoms with Crippen LogP contribution in [0.5, 0.6) is 0 Å². The molecule has 0 unspecified atom stereocenters. The minimum atomic E-state index is -0.376. The average Bonchev–Trinajstić information content (AvgIpc) is 3.33. The van der Waals surface area contributed by atoms with Crippen LogP contribution in [0.2, 0.25) is 0 Å². The third kappa shape index (κ3) is 4.08. The van der Waals surface area contributed by atoms with Gasteiger partial charge in [-0.3, -0.25) is 4.79 Å². The van der Waals surface area contributed by atoms with Crippen LogP contribution in [0.3, 0.4) is 0 Å². The summed E-state index contributed by atoms with van der Waals surface area (Å²) in [6.45, 7) is 2.86. The summed E-state index contributed by atoms with van der Waals surface area (Å²) in [5, 5.41) is 9.62. The zero-order valence-corrected chi connectivity index (χ0v) is 18.8. The highest BCUT2D eigenvalue weighted by Gasteiger charge is 2.17. The Hall–Kier alpha value is -4.26. The Morgan fingerprint density at radius 2 is 1.82 bits per heavy atom. The van der Waals surface area contributed by atoms with E-state index < -0.39 is 0 Å². The topological polar surface area (TPSA) is 79.0 Å². The monoisotopic (exact) mass is 452 g/mol. The van der Waals surface area contributed by atoms with Crippen LogP contribution in [-0.4, -0.2) is 32.1 Å². The van der Waals surface area contributed by atoms with E-state index >= 15 is 0 Å². The standard InChI is InChI=1S/C27H24N4O3/c1-2-3-15-34-27(33)21-10-5-7-12-25(21)31-18-20(28-29-31)17-30-23-11-6-4-9-19(23)16-22-24(30)13-8-14-26(22)32/h4-14,16,18H,2-3,15,17H2,1H3. The maximum absolute atomic E-state index is 12.6. The number of esters is 1. The van der Waals surface area contributed by atoms with Gasteiger partial charge >= 0.3 is 5.97 Å². The predicted molar refractivity (Wildman–Crippen MR) is 130 cm³/mol. The molecule has 0 spiro atoms. The number of aromatic nitrogens is 4. The van der Waals surface area contributed by atoms with Crippen LogP contribution < -0.4 is 5.43 Å². The van der Waals surface area contributed by atoms with Crippen molar-refractivity contribution >= 4 is 16.9 Å². The van der Waals surface area contributed by atoms with Crippen molar-refractivity contribution in [3.05, 3.63) is 100 Å². The van der Waals surface area contributed by atoms with Gasteiger partial charge in [0.2, 0.25) is 0 Å². The third-order valence-corrected chi connectivity index (χ3v) is 5.82. The van der Waals surface area contributed by atoms with Crippen molar-refractivity contribution in [2.24, 2.45) is 0 Å². The van der Waals surface area contributed by atoms with Gasteiger partial charge in [0.1, 0.15) is 5.69 Å². The second kappa shape index (κ2) is 9.31. The molecule has 0 saturated carbocycles. The third-order valence-electron chi connectivity index (χ3n) is 5.82. The number of pyridine rings is 1. The van der Waals surface area contributed by atoms with Gasteiger partial charge < -0.3 is 9.30 Å². The summed E-state index contributed by atoms with van der Waals surface area (Å²) in [6, 6.07) is 22.4. The molecule has 0 atom stereocenters. The Morgan fingerprint density at radius 3 is 2.71 bits per heavy atom. The van der Waals surface area contributed by atoms with Crippen molar-refractivity contribution in [2.45, 2.75) is 26.3 Å². The molecule has 7 heteroatoms. The number of carbonyl (C=O) groups is 1. The van der Waals surface area contributed by atoms with Crippen molar-refractivity contribution in [3.8, 4) is 16.9 Å². The van der Waals surface area contributed by atoms with Gasteiger partial charge in [-0.25, -0.2) is 9.48 Å². The van der Waals surface area contributed by atoms with Gasteiger partial charge in [-0.15, -0.1) is 5.10 Å². The highest BCUT2D eigenvalue weighted by atomic mass is 16.5. The van der Waals surface area contributed by atoms with Gasteiger partial charge in [0.15, 0.2) is 5.43 Å². The van der Waals surface area contributed by atoms with Gasteiger partial charge in [-0.05, 0) is 48.2 Å². The van der Waals surface area contributed by atoms with Crippen molar-refractivity contribution < 1.29 is 9.53 Å². The molecule has 0 bridgehead atoms. The largest absolute Gasteiger partial charge is 0.462 e. The zero-order chi connectivity index (χ0) is 23.5. The Bertz CT molecular complexity index is 1500. The molecule has 170 valence electrons. The molecule has 0 radical (unpaired) electrons. The Balaban J connectivity index is 1.51. The van der Waals surface area contributed by atoms with E-state index in [2.05, 4.69) is 14.9 Å². The lowest BCUT2D eigenvalue weighted by molar-refractivity contribution is 0.0499. The van der Waals surface area contributed by atoms with Crippen molar-refractivity contribution in [2.75, 3.05) is 6.61 Å². The molecular formula is C27H24N4O3. The summed E-state index contributed by atoms with van der Waals surface area (Å²) in [5.74, 6) is -0.376. The fraction of sp³-hybridized carbons (Fsp3) is 0.185. The molecule has 7 nitrogen and oxygen atoms in total. The van der Waals surface area contributed by atoms with Gasteiger partial charge in [-0.2, -0.15) is 0 Å². The van der Waals surface area contributed by atoms with E-state index in [1.54, 1.807) is 35.1 Å². The molecule has 2 aliphatic rings. The molecular weight excluding hydrogens is 428 g/mol. The molecule has 34 heavy (non-hydrogen) atoms. The molecule has 2 aromatic carbocycles. The quantitative estimate of drug-likeness (QED) is 0.203. The second-order valence-electron chi connectivity index (χ2n) is 8.14. The van der Waals surface area contributed by atoms with Gasteiger partial charge in [0.05, 0.1) is 36.3 Å². The van der Waals surface area contributed by atoms with Gasteiger partial charge in [0.25, 0.3) is 0 Å². The van der Waals surface area contributed by atoms with Crippen LogP contribution >= 0.6 is 0 Å². The van der Waals surface area contributed by atoms with Gasteiger partial charge in [0, 0.05) is 11.1 Å². The van der Waals surface area contributed by atoms with E-state index in [1.807, 2.05) is 55.5 Å². The Kier molecular flexibility index (Phi) is 5.91. The maximum atomic E-state index is 12.6. The fourth-order valence-electron chi connectivity index (χ4n) is 4.11. The summed E-state index contributed by atoms with van der Waals surface area (Å²) in [4.78, 5) is 25.1. The number of carbonyl (C=O) groups excluding carboxylic acids is 1. The van der Waals surface area contributed by atoms with Crippen molar-refractivity contribution in [1.82, 2.24) is 19.6 Å². The number of benzene rings is 3. The molecule has 0 N–H and O–H groups in total. The van der Waals surface area contributed by atoms with E-state index in [1.165, 1.54) is 0 Å². The number of rotatable bonds is 7. The molecule has 1 aromatic heterocycles. The minimum Gasteiger partial charge on any atom is -0.462 e. The first-order valence-corrected chi connectivity index (χ1v) is 11.3. The van der Waals surface area contributed by atoms with E-state index in [0.29, 0.717) is 35.7 Å². The molecule has 1 aliphatic carbocycles. The van der Waals surface area contributed by atoms with Crippen LogP contribution in [-0.2, 0) is 11.3 Å². The average molecular weight is 453 g/mol. The Morgan fingerprint density at radius 1 is 1.00 bits per heavy atom. The van der Waals surface area contributed by atoms with Crippen molar-refractivity contribution in [3.63, 3.8) is 0 Å². The summed E-state index contributed by atoms with van der Waals surface area (Å²) >= 11 is 0. The molecule has 5 rings (SSSR count).